The lowest BCUT2D eigenvalue weighted by molar-refractivity contribution is 0.0402. The Bertz CT molecular complexity index is 1010. The lowest BCUT2D eigenvalue weighted by atomic mass is 9.81. The summed E-state index contributed by atoms with van der Waals surface area (Å²) in [6.07, 6.45) is 0.222. The SMILES string of the molecule is Cc1ccc(S(=O)(=O)N2CCC(O)(c3ccc(F)cc3)/C(=C/[Si](C)(C)C)C2)cc1. The summed E-state index contributed by atoms with van der Waals surface area (Å²) in [7, 11) is -5.44. The van der Waals surface area contributed by atoms with Crippen molar-refractivity contribution in [2.24, 2.45) is 0 Å². The van der Waals surface area contributed by atoms with Crippen LogP contribution in [0.25, 0.3) is 0 Å². The summed E-state index contributed by atoms with van der Waals surface area (Å²) in [6, 6.07) is 12.6. The molecular weight excluding hydrogens is 405 g/mol. The van der Waals surface area contributed by atoms with Gasteiger partial charge in [0.05, 0.1) is 13.0 Å². The molecule has 1 atom stereocenters. The number of aliphatic hydroxyl groups is 1. The van der Waals surface area contributed by atoms with Crippen LogP contribution in [0.2, 0.25) is 19.6 Å². The Balaban J connectivity index is 2.01. The molecule has 2 aromatic rings. The quantitative estimate of drug-likeness (QED) is 0.735. The van der Waals surface area contributed by atoms with Gasteiger partial charge < -0.3 is 5.11 Å². The number of hydrogen-bond donors (Lipinski definition) is 1. The van der Waals surface area contributed by atoms with Crippen LogP contribution < -0.4 is 0 Å². The monoisotopic (exact) mass is 433 g/mol. The molecule has 0 radical (unpaired) electrons. The number of piperidine rings is 1. The van der Waals surface area contributed by atoms with Gasteiger partial charge in [-0.3, -0.25) is 0 Å². The van der Waals surface area contributed by atoms with Crippen LogP contribution in [0.1, 0.15) is 17.5 Å². The van der Waals surface area contributed by atoms with Crippen LogP contribution in [0.3, 0.4) is 0 Å². The van der Waals surface area contributed by atoms with Gasteiger partial charge in [0.25, 0.3) is 0 Å². The minimum Gasteiger partial charge on any atom is -0.381 e. The van der Waals surface area contributed by atoms with E-state index in [0.717, 1.165) is 5.56 Å². The highest BCUT2D eigenvalue weighted by Gasteiger charge is 2.42. The van der Waals surface area contributed by atoms with E-state index in [0.29, 0.717) is 11.1 Å². The number of benzene rings is 2. The summed E-state index contributed by atoms with van der Waals surface area (Å²) in [5.41, 5.74) is 3.02. The number of rotatable bonds is 4. The van der Waals surface area contributed by atoms with Crippen molar-refractivity contribution in [1.29, 1.82) is 0 Å². The van der Waals surface area contributed by atoms with Gasteiger partial charge in [0.15, 0.2) is 0 Å². The molecule has 29 heavy (non-hydrogen) atoms. The molecule has 1 aliphatic rings. The van der Waals surface area contributed by atoms with E-state index in [4.69, 9.17) is 0 Å². The molecule has 0 aromatic heterocycles. The maximum atomic E-state index is 13.4. The van der Waals surface area contributed by atoms with E-state index in [9.17, 15) is 17.9 Å². The molecule has 0 saturated carbocycles. The molecule has 1 unspecified atom stereocenters. The first kappa shape index (κ1) is 21.9. The van der Waals surface area contributed by atoms with Crippen molar-refractivity contribution >= 4 is 18.1 Å². The Morgan fingerprint density at radius 1 is 1.07 bits per heavy atom. The lowest BCUT2D eigenvalue weighted by Crippen LogP contribution is -2.47. The fraction of sp³-hybridized carbons (Fsp3) is 0.364. The molecule has 1 N–H and O–H groups in total. The summed E-state index contributed by atoms with van der Waals surface area (Å²) >= 11 is 0. The molecule has 1 fully saturated rings. The maximum Gasteiger partial charge on any atom is 0.243 e. The Hall–Kier alpha value is -1.80. The van der Waals surface area contributed by atoms with Crippen LogP contribution in [0.4, 0.5) is 4.39 Å². The highest BCUT2D eigenvalue weighted by atomic mass is 32.2. The van der Waals surface area contributed by atoms with E-state index >= 15 is 0 Å². The zero-order valence-electron chi connectivity index (χ0n) is 17.3. The topological polar surface area (TPSA) is 57.6 Å². The molecule has 0 bridgehead atoms. The zero-order valence-corrected chi connectivity index (χ0v) is 19.1. The molecule has 0 spiro atoms. The number of halogens is 1. The molecule has 4 nitrogen and oxygen atoms in total. The summed E-state index contributed by atoms with van der Waals surface area (Å²) in [4.78, 5) is 0.252. The number of nitrogens with zero attached hydrogens (tertiary/aromatic N) is 1. The molecule has 1 saturated heterocycles. The van der Waals surface area contributed by atoms with Gasteiger partial charge in [-0.15, -0.1) is 0 Å². The summed E-state index contributed by atoms with van der Waals surface area (Å²) in [5, 5.41) is 11.6. The average Bonchev–Trinajstić information content (AvgIpc) is 2.63. The van der Waals surface area contributed by atoms with Crippen molar-refractivity contribution < 1.29 is 17.9 Å². The third kappa shape index (κ3) is 4.69. The van der Waals surface area contributed by atoms with Gasteiger partial charge in [-0.25, -0.2) is 12.8 Å². The van der Waals surface area contributed by atoms with Gasteiger partial charge in [0.2, 0.25) is 10.0 Å². The second-order valence-corrected chi connectivity index (χ2v) is 15.8. The van der Waals surface area contributed by atoms with Gasteiger partial charge in [-0.2, -0.15) is 4.31 Å². The van der Waals surface area contributed by atoms with Crippen LogP contribution >= 0.6 is 0 Å². The summed E-state index contributed by atoms with van der Waals surface area (Å²) < 4.78 is 41.2. The van der Waals surface area contributed by atoms with Crippen LogP contribution in [0, 0.1) is 12.7 Å². The second-order valence-electron chi connectivity index (χ2n) is 8.80. The molecule has 1 aliphatic heterocycles. The first-order valence-electron chi connectivity index (χ1n) is 9.69. The molecule has 7 heteroatoms. The third-order valence-corrected chi connectivity index (χ3v) is 8.26. The predicted molar refractivity (Wildman–Crippen MR) is 116 cm³/mol. The highest BCUT2D eigenvalue weighted by molar-refractivity contribution is 7.89. The minimum absolute atomic E-state index is 0.119. The van der Waals surface area contributed by atoms with Crippen molar-refractivity contribution in [3.05, 3.63) is 76.7 Å². The minimum atomic E-state index is -3.67. The van der Waals surface area contributed by atoms with Crippen molar-refractivity contribution in [2.45, 2.75) is 43.5 Å². The molecule has 1 heterocycles. The van der Waals surface area contributed by atoms with Crippen LogP contribution in [-0.2, 0) is 15.6 Å². The van der Waals surface area contributed by atoms with E-state index in [1.54, 1.807) is 36.4 Å². The van der Waals surface area contributed by atoms with Gasteiger partial charge in [-0.1, -0.05) is 55.2 Å². The first-order valence-corrected chi connectivity index (χ1v) is 14.7. The van der Waals surface area contributed by atoms with Gasteiger partial charge in [0.1, 0.15) is 11.4 Å². The van der Waals surface area contributed by atoms with E-state index < -0.39 is 23.7 Å². The number of sulfonamides is 1. The normalized spacial score (nSPS) is 22.8. The Morgan fingerprint density at radius 2 is 1.66 bits per heavy atom. The van der Waals surface area contributed by atoms with Crippen LogP contribution in [-0.4, -0.2) is 39.0 Å². The van der Waals surface area contributed by atoms with Gasteiger partial charge in [0, 0.05) is 13.1 Å². The van der Waals surface area contributed by atoms with E-state index in [2.05, 4.69) is 25.3 Å². The van der Waals surface area contributed by atoms with Gasteiger partial charge in [-0.05, 0) is 48.7 Å². The summed E-state index contributed by atoms with van der Waals surface area (Å²) in [6.45, 7) is 8.63. The first-order chi connectivity index (χ1) is 13.4. The van der Waals surface area contributed by atoms with E-state index in [-0.39, 0.29) is 30.2 Å². The third-order valence-electron chi connectivity index (χ3n) is 5.19. The Kier molecular flexibility index (Phi) is 5.88. The second kappa shape index (κ2) is 7.79. The Morgan fingerprint density at radius 3 is 2.21 bits per heavy atom. The van der Waals surface area contributed by atoms with Crippen molar-refractivity contribution in [3.63, 3.8) is 0 Å². The van der Waals surface area contributed by atoms with Crippen molar-refractivity contribution in [3.8, 4) is 0 Å². The van der Waals surface area contributed by atoms with E-state index in [1.807, 2.05) is 6.92 Å². The molecule has 0 aliphatic carbocycles. The molecular formula is C22H28FNO3SSi. The van der Waals surface area contributed by atoms with Crippen molar-refractivity contribution in [2.75, 3.05) is 13.1 Å². The Labute approximate surface area is 173 Å². The van der Waals surface area contributed by atoms with Crippen LogP contribution in [0.15, 0.2) is 64.7 Å². The average molecular weight is 434 g/mol. The molecule has 2 aromatic carbocycles. The predicted octanol–water partition coefficient (Wildman–Crippen LogP) is 4.22. The largest absolute Gasteiger partial charge is 0.381 e. The zero-order chi connectivity index (χ0) is 21.4. The highest BCUT2D eigenvalue weighted by Crippen LogP contribution is 2.39. The molecule has 156 valence electrons. The van der Waals surface area contributed by atoms with E-state index in [1.165, 1.54) is 16.4 Å². The fourth-order valence-corrected chi connectivity index (χ4v) is 6.45. The fourth-order valence-electron chi connectivity index (χ4n) is 3.65. The molecule has 3 rings (SSSR count). The summed E-state index contributed by atoms with van der Waals surface area (Å²) in [5.74, 6) is -0.368. The smallest absolute Gasteiger partial charge is 0.243 e. The maximum absolute atomic E-state index is 13.4. The van der Waals surface area contributed by atoms with Crippen molar-refractivity contribution in [1.82, 2.24) is 4.31 Å². The number of hydrogen-bond acceptors (Lipinski definition) is 3. The lowest BCUT2D eigenvalue weighted by Gasteiger charge is -2.41. The standard InChI is InChI=1S/C22H28FNO3SSi/c1-17-5-11-21(12-6-17)28(26,27)24-14-13-22(25,18-7-9-20(23)10-8-18)19(15-24)16-29(2,3)4/h5-12,16,25H,13-15H2,1-4H3/b19-16+. The molecule has 0 amide bonds. The van der Waals surface area contributed by atoms with Crippen LogP contribution in [0.5, 0.6) is 0 Å². The van der Waals surface area contributed by atoms with Gasteiger partial charge >= 0.3 is 0 Å². The number of aryl methyl sites for hydroxylation is 1.